The molecule has 2 aromatic carbocycles. The molecule has 0 aliphatic heterocycles. The van der Waals surface area contributed by atoms with E-state index in [0.29, 0.717) is 37.1 Å². The summed E-state index contributed by atoms with van der Waals surface area (Å²) in [4.78, 5) is 15.9. The minimum absolute atomic E-state index is 0.0627. The molecule has 0 fully saturated rings. The molecule has 0 atom stereocenters. The van der Waals surface area contributed by atoms with E-state index in [-0.39, 0.29) is 12.5 Å². The van der Waals surface area contributed by atoms with Gasteiger partial charge >= 0.3 is 0 Å². The van der Waals surface area contributed by atoms with Gasteiger partial charge in [-0.05, 0) is 48.7 Å². The summed E-state index contributed by atoms with van der Waals surface area (Å²) in [5, 5.41) is 5.79. The Hall–Kier alpha value is -3.42. The van der Waals surface area contributed by atoms with Crippen molar-refractivity contribution in [1.82, 2.24) is 10.6 Å². The van der Waals surface area contributed by atoms with Crippen LogP contribution in [0, 0.1) is 0 Å². The summed E-state index contributed by atoms with van der Waals surface area (Å²) in [5.74, 6) is 2.07. The van der Waals surface area contributed by atoms with Crippen LogP contribution in [0.25, 0.3) is 0 Å². The summed E-state index contributed by atoms with van der Waals surface area (Å²) in [6, 6.07) is 13.4. The Morgan fingerprint density at radius 2 is 1.73 bits per heavy atom. The van der Waals surface area contributed by atoms with Crippen molar-refractivity contribution < 1.29 is 19.0 Å². The largest absolute Gasteiger partial charge is 0.497 e. The fourth-order valence-electron chi connectivity index (χ4n) is 2.68. The zero-order valence-electron chi connectivity index (χ0n) is 17.7. The zero-order valence-corrected chi connectivity index (χ0v) is 17.7. The molecular weight excluding hydrogens is 384 g/mol. The minimum Gasteiger partial charge on any atom is -0.497 e. The molecule has 8 heteroatoms. The average Bonchev–Trinajstić information content (AvgIpc) is 2.77. The van der Waals surface area contributed by atoms with Crippen molar-refractivity contribution in [2.75, 3.05) is 33.9 Å². The number of benzene rings is 2. The number of hydrogen-bond donors (Lipinski definition) is 3. The number of ether oxygens (including phenoxy) is 3. The third kappa shape index (κ3) is 7.54. The molecule has 0 radical (unpaired) electrons. The summed E-state index contributed by atoms with van der Waals surface area (Å²) in [6.45, 7) is 3.43. The molecule has 1 amide bonds. The number of carbonyl (C=O) groups excluding carboxylic acids is 1. The highest BCUT2D eigenvalue weighted by Gasteiger charge is 2.08. The number of rotatable bonds is 11. The molecule has 0 saturated heterocycles. The van der Waals surface area contributed by atoms with E-state index in [4.69, 9.17) is 19.9 Å². The quantitative estimate of drug-likeness (QED) is 0.383. The molecule has 2 rings (SSSR count). The molecule has 0 aliphatic rings. The first-order chi connectivity index (χ1) is 14.5. The third-order valence-corrected chi connectivity index (χ3v) is 4.27. The van der Waals surface area contributed by atoms with Crippen LogP contribution in [0.3, 0.4) is 0 Å². The Morgan fingerprint density at radius 3 is 2.40 bits per heavy atom. The lowest BCUT2D eigenvalue weighted by Gasteiger charge is -2.12. The Bertz CT molecular complexity index is 838. The molecule has 4 N–H and O–H groups in total. The van der Waals surface area contributed by atoms with Crippen molar-refractivity contribution in [1.29, 1.82) is 0 Å². The van der Waals surface area contributed by atoms with Gasteiger partial charge in [0.25, 0.3) is 5.91 Å². The number of methoxy groups -OCH3 is 2. The predicted octanol–water partition coefficient (Wildman–Crippen LogP) is 1.87. The second-order valence-electron chi connectivity index (χ2n) is 6.45. The molecule has 0 saturated carbocycles. The predicted molar refractivity (Wildman–Crippen MR) is 117 cm³/mol. The van der Waals surface area contributed by atoms with Crippen molar-refractivity contribution in [3.05, 3.63) is 53.6 Å². The maximum absolute atomic E-state index is 11.5. The Morgan fingerprint density at radius 1 is 1.00 bits per heavy atom. The van der Waals surface area contributed by atoms with Crippen molar-refractivity contribution in [3.8, 4) is 17.2 Å². The van der Waals surface area contributed by atoms with Crippen LogP contribution in [0.2, 0.25) is 0 Å². The van der Waals surface area contributed by atoms with E-state index in [0.717, 1.165) is 17.7 Å². The van der Waals surface area contributed by atoms with Gasteiger partial charge in [0.2, 0.25) is 0 Å². The van der Waals surface area contributed by atoms with Crippen LogP contribution >= 0.6 is 0 Å². The monoisotopic (exact) mass is 414 g/mol. The first kappa shape index (κ1) is 22.9. The van der Waals surface area contributed by atoms with E-state index < -0.39 is 0 Å². The summed E-state index contributed by atoms with van der Waals surface area (Å²) in [6.07, 6.45) is 0.825. The van der Waals surface area contributed by atoms with Gasteiger partial charge in [0, 0.05) is 13.1 Å². The van der Waals surface area contributed by atoms with E-state index in [1.165, 1.54) is 5.56 Å². The molecule has 0 aromatic heterocycles. The van der Waals surface area contributed by atoms with Crippen molar-refractivity contribution in [2.45, 2.75) is 19.9 Å². The zero-order chi connectivity index (χ0) is 21.8. The lowest BCUT2D eigenvalue weighted by molar-refractivity contribution is -0.123. The summed E-state index contributed by atoms with van der Waals surface area (Å²) >= 11 is 0. The highest BCUT2D eigenvalue weighted by molar-refractivity contribution is 5.78. The van der Waals surface area contributed by atoms with Crippen LogP contribution in [-0.2, 0) is 17.8 Å². The van der Waals surface area contributed by atoms with E-state index in [9.17, 15) is 4.79 Å². The lowest BCUT2D eigenvalue weighted by Crippen LogP contribution is -2.33. The number of guanidine groups is 1. The van der Waals surface area contributed by atoms with Crippen molar-refractivity contribution in [2.24, 2.45) is 10.7 Å². The van der Waals surface area contributed by atoms with Gasteiger partial charge in [-0.15, -0.1) is 0 Å². The maximum Gasteiger partial charge on any atom is 0.257 e. The van der Waals surface area contributed by atoms with Gasteiger partial charge in [-0.2, -0.15) is 0 Å². The first-order valence-corrected chi connectivity index (χ1v) is 9.78. The van der Waals surface area contributed by atoms with Gasteiger partial charge in [0.15, 0.2) is 24.1 Å². The molecule has 0 unspecified atom stereocenters. The van der Waals surface area contributed by atoms with Crippen molar-refractivity contribution in [3.63, 3.8) is 0 Å². The number of aliphatic imine (C=N–C) groups is 1. The SMILES string of the molecule is CCNC(=O)COc1ccc(CN=C(N)NCCc2ccc(OC)cc2)cc1OC. The summed E-state index contributed by atoms with van der Waals surface area (Å²) in [7, 11) is 3.20. The Balaban J connectivity index is 1.83. The van der Waals surface area contributed by atoms with Crippen LogP contribution in [0.15, 0.2) is 47.5 Å². The molecular formula is C22H30N4O4. The summed E-state index contributed by atoms with van der Waals surface area (Å²) in [5.41, 5.74) is 8.06. The van der Waals surface area contributed by atoms with Crippen LogP contribution in [0.4, 0.5) is 0 Å². The molecule has 8 nitrogen and oxygen atoms in total. The third-order valence-electron chi connectivity index (χ3n) is 4.27. The minimum atomic E-state index is -0.179. The highest BCUT2D eigenvalue weighted by atomic mass is 16.5. The van der Waals surface area contributed by atoms with Gasteiger partial charge in [-0.3, -0.25) is 4.79 Å². The van der Waals surface area contributed by atoms with E-state index in [1.54, 1.807) is 20.3 Å². The molecule has 30 heavy (non-hydrogen) atoms. The molecule has 162 valence electrons. The second kappa shape index (κ2) is 12.2. The number of nitrogens with two attached hydrogens (primary N) is 1. The fraction of sp³-hybridized carbons (Fsp3) is 0.364. The van der Waals surface area contributed by atoms with Gasteiger partial charge in [-0.25, -0.2) is 4.99 Å². The number of carbonyl (C=O) groups is 1. The van der Waals surface area contributed by atoms with Crippen LogP contribution in [-0.4, -0.2) is 45.8 Å². The summed E-state index contributed by atoms with van der Waals surface area (Å²) < 4.78 is 16.0. The lowest BCUT2D eigenvalue weighted by atomic mass is 10.1. The van der Waals surface area contributed by atoms with E-state index in [1.807, 2.05) is 43.3 Å². The highest BCUT2D eigenvalue weighted by Crippen LogP contribution is 2.28. The molecule has 0 aliphatic carbocycles. The second-order valence-corrected chi connectivity index (χ2v) is 6.45. The number of nitrogens with one attached hydrogen (secondary N) is 2. The normalized spacial score (nSPS) is 11.0. The van der Waals surface area contributed by atoms with E-state index in [2.05, 4.69) is 15.6 Å². The van der Waals surface area contributed by atoms with Gasteiger partial charge in [0.05, 0.1) is 20.8 Å². The molecule has 0 spiro atoms. The number of amides is 1. The maximum atomic E-state index is 11.5. The van der Waals surface area contributed by atoms with Gasteiger partial charge in [-0.1, -0.05) is 18.2 Å². The number of likely N-dealkylation sites (N-methyl/N-ethyl adjacent to an activating group) is 1. The van der Waals surface area contributed by atoms with Crippen LogP contribution in [0.5, 0.6) is 17.2 Å². The average molecular weight is 415 g/mol. The number of nitrogens with zero attached hydrogens (tertiary/aromatic N) is 1. The van der Waals surface area contributed by atoms with Gasteiger partial charge in [0.1, 0.15) is 5.75 Å². The topological polar surface area (TPSA) is 107 Å². The molecule has 2 aromatic rings. The van der Waals surface area contributed by atoms with Crippen LogP contribution in [0.1, 0.15) is 18.1 Å². The fourth-order valence-corrected chi connectivity index (χ4v) is 2.68. The smallest absolute Gasteiger partial charge is 0.257 e. The molecule has 0 heterocycles. The standard InChI is InChI=1S/C22H30N4O4/c1-4-24-21(27)15-30-19-10-7-17(13-20(19)29-3)14-26-22(23)25-12-11-16-5-8-18(28-2)9-6-16/h5-10,13H,4,11-12,14-15H2,1-3H3,(H,24,27)(H3,23,25,26). The Kier molecular flexibility index (Phi) is 9.30. The van der Waals surface area contributed by atoms with Crippen molar-refractivity contribution >= 4 is 11.9 Å². The van der Waals surface area contributed by atoms with E-state index >= 15 is 0 Å². The molecule has 0 bridgehead atoms. The Labute approximate surface area is 177 Å². The van der Waals surface area contributed by atoms with Crippen LogP contribution < -0.4 is 30.6 Å². The van der Waals surface area contributed by atoms with Gasteiger partial charge < -0.3 is 30.6 Å². The first-order valence-electron chi connectivity index (χ1n) is 9.78. The number of hydrogen-bond acceptors (Lipinski definition) is 5.